The third-order valence-electron chi connectivity index (χ3n) is 3.79. The van der Waals surface area contributed by atoms with Gasteiger partial charge in [-0.1, -0.05) is 13.8 Å². The van der Waals surface area contributed by atoms with E-state index in [4.69, 9.17) is 0 Å². The number of rotatable bonds is 5. The summed E-state index contributed by atoms with van der Waals surface area (Å²) in [5.74, 6) is 1.57. The molecule has 1 atom stereocenters. The molecule has 0 spiro atoms. The number of hydrogen-bond donors (Lipinski definition) is 1. The van der Waals surface area contributed by atoms with Gasteiger partial charge >= 0.3 is 0 Å². The van der Waals surface area contributed by atoms with Crippen LogP contribution in [0, 0.1) is 11.8 Å². The fourth-order valence-corrected chi connectivity index (χ4v) is 2.56. The van der Waals surface area contributed by atoms with E-state index >= 15 is 0 Å². The van der Waals surface area contributed by atoms with E-state index in [1.165, 1.54) is 0 Å². The smallest absolute Gasteiger partial charge is 0.222 e. The average Bonchev–Trinajstić information content (AvgIpc) is 2.28. The molecular formula is C14H28N2O. The zero-order valence-corrected chi connectivity index (χ0v) is 11.8. The van der Waals surface area contributed by atoms with Crippen molar-refractivity contribution >= 4 is 5.91 Å². The SMILES string of the molecule is CC(C)CC(C)N(C)C(=O)CC1CCNCC1. The Bertz CT molecular complexity index is 234. The van der Waals surface area contributed by atoms with E-state index < -0.39 is 0 Å². The second-order valence-electron chi connectivity index (χ2n) is 5.88. The number of carbonyl (C=O) groups excluding carboxylic acids is 1. The molecule has 0 aromatic carbocycles. The maximum Gasteiger partial charge on any atom is 0.222 e. The number of hydrogen-bond acceptors (Lipinski definition) is 2. The van der Waals surface area contributed by atoms with E-state index in [0.717, 1.165) is 38.8 Å². The Morgan fingerprint density at radius 2 is 1.88 bits per heavy atom. The number of nitrogens with one attached hydrogen (secondary N) is 1. The molecule has 1 fully saturated rings. The van der Waals surface area contributed by atoms with Crippen molar-refractivity contribution in [2.24, 2.45) is 11.8 Å². The lowest BCUT2D eigenvalue weighted by molar-refractivity contribution is -0.133. The minimum absolute atomic E-state index is 0.324. The van der Waals surface area contributed by atoms with Gasteiger partial charge in [0.25, 0.3) is 0 Å². The van der Waals surface area contributed by atoms with Gasteiger partial charge < -0.3 is 10.2 Å². The molecular weight excluding hydrogens is 212 g/mol. The van der Waals surface area contributed by atoms with Crippen LogP contribution < -0.4 is 5.32 Å². The summed E-state index contributed by atoms with van der Waals surface area (Å²) >= 11 is 0. The highest BCUT2D eigenvalue weighted by Crippen LogP contribution is 2.18. The summed E-state index contributed by atoms with van der Waals surface area (Å²) in [6.07, 6.45) is 4.13. The summed E-state index contributed by atoms with van der Waals surface area (Å²) in [4.78, 5) is 14.1. The first-order chi connectivity index (χ1) is 8.00. The van der Waals surface area contributed by atoms with Crippen LogP contribution >= 0.6 is 0 Å². The van der Waals surface area contributed by atoms with Crippen molar-refractivity contribution in [2.75, 3.05) is 20.1 Å². The minimum Gasteiger partial charge on any atom is -0.343 e. The molecule has 1 N–H and O–H groups in total. The highest BCUT2D eigenvalue weighted by molar-refractivity contribution is 5.76. The largest absolute Gasteiger partial charge is 0.343 e. The van der Waals surface area contributed by atoms with E-state index in [2.05, 4.69) is 26.1 Å². The first kappa shape index (κ1) is 14.5. The number of amides is 1. The Kier molecular flexibility index (Phi) is 5.96. The molecule has 3 heteroatoms. The fraction of sp³-hybridized carbons (Fsp3) is 0.929. The van der Waals surface area contributed by atoms with Crippen molar-refractivity contribution in [3.63, 3.8) is 0 Å². The highest BCUT2D eigenvalue weighted by atomic mass is 16.2. The zero-order chi connectivity index (χ0) is 12.8. The van der Waals surface area contributed by atoms with Gasteiger partial charge in [0.05, 0.1) is 0 Å². The van der Waals surface area contributed by atoms with Gasteiger partial charge in [0.1, 0.15) is 0 Å². The first-order valence-corrected chi connectivity index (χ1v) is 6.97. The highest BCUT2D eigenvalue weighted by Gasteiger charge is 2.21. The molecule has 0 bridgehead atoms. The molecule has 100 valence electrons. The Labute approximate surface area is 106 Å². The summed E-state index contributed by atoms with van der Waals surface area (Å²) in [6, 6.07) is 0.365. The molecule has 1 heterocycles. The lowest BCUT2D eigenvalue weighted by Gasteiger charge is -2.29. The summed E-state index contributed by atoms with van der Waals surface area (Å²) in [7, 11) is 1.95. The number of carbonyl (C=O) groups is 1. The Hall–Kier alpha value is -0.570. The van der Waals surface area contributed by atoms with Crippen LogP contribution in [0.1, 0.15) is 46.5 Å². The van der Waals surface area contributed by atoms with Crippen molar-refractivity contribution < 1.29 is 4.79 Å². The Morgan fingerprint density at radius 1 is 1.29 bits per heavy atom. The van der Waals surface area contributed by atoms with Crippen LogP contribution in [0.3, 0.4) is 0 Å². The molecule has 1 aliphatic rings. The topological polar surface area (TPSA) is 32.3 Å². The average molecular weight is 240 g/mol. The molecule has 0 aliphatic carbocycles. The molecule has 1 saturated heterocycles. The minimum atomic E-state index is 0.324. The Balaban J connectivity index is 2.34. The van der Waals surface area contributed by atoms with Crippen molar-refractivity contribution in [3.8, 4) is 0 Å². The van der Waals surface area contributed by atoms with E-state index in [1.54, 1.807) is 0 Å². The molecule has 0 aromatic rings. The normalized spacial score (nSPS) is 19.4. The third kappa shape index (κ3) is 5.07. The van der Waals surface area contributed by atoms with Gasteiger partial charge in [-0.15, -0.1) is 0 Å². The molecule has 1 aliphatic heterocycles. The van der Waals surface area contributed by atoms with Crippen LogP contribution in [-0.2, 0) is 4.79 Å². The predicted molar refractivity (Wildman–Crippen MR) is 71.9 cm³/mol. The van der Waals surface area contributed by atoms with Gasteiger partial charge in [0.15, 0.2) is 0 Å². The Morgan fingerprint density at radius 3 is 2.41 bits per heavy atom. The lowest BCUT2D eigenvalue weighted by atomic mass is 9.93. The number of piperidine rings is 1. The fourth-order valence-electron chi connectivity index (χ4n) is 2.56. The van der Waals surface area contributed by atoms with Crippen LogP contribution in [0.5, 0.6) is 0 Å². The maximum atomic E-state index is 12.1. The van der Waals surface area contributed by atoms with Crippen LogP contribution in [0.2, 0.25) is 0 Å². The van der Waals surface area contributed by atoms with E-state index in [9.17, 15) is 4.79 Å². The second-order valence-corrected chi connectivity index (χ2v) is 5.88. The molecule has 0 aromatic heterocycles. The van der Waals surface area contributed by atoms with Crippen LogP contribution in [0.25, 0.3) is 0 Å². The summed E-state index contributed by atoms with van der Waals surface area (Å²) in [5.41, 5.74) is 0. The standard InChI is InChI=1S/C14H28N2O/c1-11(2)9-12(3)16(4)14(17)10-13-5-7-15-8-6-13/h11-13,15H,5-10H2,1-4H3. The van der Waals surface area contributed by atoms with Gasteiger partial charge in [-0.3, -0.25) is 4.79 Å². The van der Waals surface area contributed by atoms with Gasteiger partial charge in [-0.05, 0) is 51.1 Å². The van der Waals surface area contributed by atoms with Gasteiger partial charge in [0.2, 0.25) is 5.91 Å². The molecule has 1 amide bonds. The summed E-state index contributed by atoms with van der Waals surface area (Å²) in [5, 5.41) is 3.34. The molecule has 0 saturated carbocycles. The van der Waals surface area contributed by atoms with Crippen LogP contribution in [0.4, 0.5) is 0 Å². The van der Waals surface area contributed by atoms with E-state index in [1.807, 2.05) is 11.9 Å². The van der Waals surface area contributed by atoms with Crippen molar-refractivity contribution in [1.29, 1.82) is 0 Å². The van der Waals surface area contributed by atoms with E-state index in [0.29, 0.717) is 23.8 Å². The molecule has 1 unspecified atom stereocenters. The van der Waals surface area contributed by atoms with E-state index in [-0.39, 0.29) is 0 Å². The number of nitrogens with zero attached hydrogens (tertiary/aromatic N) is 1. The second kappa shape index (κ2) is 7.00. The van der Waals surface area contributed by atoms with Crippen molar-refractivity contribution in [2.45, 2.75) is 52.5 Å². The molecule has 0 radical (unpaired) electrons. The van der Waals surface area contributed by atoms with Crippen LogP contribution in [0.15, 0.2) is 0 Å². The third-order valence-corrected chi connectivity index (χ3v) is 3.79. The summed E-state index contributed by atoms with van der Waals surface area (Å²) < 4.78 is 0. The van der Waals surface area contributed by atoms with Crippen molar-refractivity contribution in [1.82, 2.24) is 10.2 Å². The summed E-state index contributed by atoms with van der Waals surface area (Å²) in [6.45, 7) is 8.72. The molecule has 1 rings (SSSR count). The maximum absolute atomic E-state index is 12.1. The van der Waals surface area contributed by atoms with Crippen molar-refractivity contribution in [3.05, 3.63) is 0 Å². The van der Waals surface area contributed by atoms with Gasteiger partial charge in [0, 0.05) is 19.5 Å². The predicted octanol–water partition coefficient (Wildman–Crippen LogP) is 2.27. The monoisotopic (exact) mass is 240 g/mol. The lowest BCUT2D eigenvalue weighted by Crippen LogP contribution is -2.38. The molecule has 3 nitrogen and oxygen atoms in total. The molecule has 17 heavy (non-hydrogen) atoms. The first-order valence-electron chi connectivity index (χ1n) is 6.97. The van der Waals surface area contributed by atoms with Gasteiger partial charge in [-0.2, -0.15) is 0 Å². The van der Waals surface area contributed by atoms with Crippen LogP contribution in [-0.4, -0.2) is 37.0 Å². The quantitative estimate of drug-likeness (QED) is 0.799. The van der Waals surface area contributed by atoms with Gasteiger partial charge in [-0.25, -0.2) is 0 Å². The zero-order valence-electron chi connectivity index (χ0n) is 11.8.